The van der Waals surface area contributed by atoms with Crippen LogP contribution in [-0.2, 0) is 20.0 Å². The molecule has 1 amide bonds. The molecule has 0 saturated heterocycles. The largest absolute Gasteiger partial charge is 0.359 e. The summed E-state index contributed by atoms with van der Waals surface area (Å²) in [7, 11) is -3.89. The van der Waals surface area contributed by atoms with Gasteiger partial charge in [-0.05, 0) is 26.0 Å². The maximum atomic E-state index is 12.7. The smallest absolute Gasteiger partial charge is 0.246 e. The van der Waals surface area contributed by atoms with Gasteiger partial charge >= 0.3 is 0 Å². The van der Waals surface area contributed by atoms with Crippen molar-refractivity contribution in [1.29, 1.82) is 0 Å². The second kappa shape index (κ2) is 6.16. The van der Waals surface area contributed by atoms with Crippen LogP contribution >= 0.6 is 22.9 Å². The average Bonchev–Trinajstić information content (AvgIpc) is 3.07. The first-order valence-corrected chi connectivity index (χ1v) is 9.82. The summed E-state index contributed by atoms with van der Waals surface area (Å²) in [5.41, 5.74) is -0.273. The minimum Gasteiger partial charge on any atom is -0.359 e. The van der Waals surface area contributed by atoms with Crippen LogP contribution in [0.3, 0.4) is 0 Å². The lowest BCUT2D eigenvalue weighted by atomic mass is 9.93. The fourth-order valence-electron chi connectivity index (χ4n) is 1.77. The topological polar surface area (TPSA) is 89.3 Å². The lowest BCUT2D eigenvalue weighted by Crippen LogP contribution is -2.44. The summed E-state index contributed by atoms with van der Waals surface area (Å²) in [6.45, 7) is 8.50. The Morgan fingerprint density at radius 3 is 2.33 bits per heavy atom. The van der Waals surface area contributed by atoms with E-state index in [2.05, 4.69) is 10.5 Å². The second-order valence-electron chi connectivity index (χ2n) is 6.85. The van der Waals surface area contributed by atoms with Gasteiger partial charge in [0.05, 0.1) is 4.34 Å². The number of carbonyl (C=O) groups excluding carboxylic acids is 1. The number of sulfone groups is 1. The van der Waals surface area contributed by atoms with Gasteiger partial charge in [-0.25, -0.2) is 8.42 Å². The second-order valence-corrected chi connectivity index (χ2v) is 11.3. The van der Waals surface area contributed by atoms with E-state index in [1.54, 1.807) is 6.07 Å². The van der Waals surface area contributed by atoms with Gasteiger partial charge in [-0.3, -0.25) is 4.79 Å². The van der Waals surface area contributed by atoms with E-state index in [0.717, 1.165) is 11.3 Å². The molecule has 1 N–H and O–H groups in total. The van der Waals surface area contributed by atoms with Crippen molar-refractivity contribution >= 4 is 44.5 Å². The van der Waals surface area contributed by atoms with Crippen molar-refractivity contribution in [2.45, 2.75) is 49.0 Å². The molecule has 2 rings (SSSR count). The summed E-state index contributed by atoms with van der Waals surface area (Å²) in [6, 6.07) is 4.47. The molecular weight excluding hydrogens is 372 g/mol. The molecule has 0 unspecified atom stereocenters. The number of hydrogen-bond donors (Lipinski definition) is 1. The van der Waals surface area contributed by atoms with Crippen LogP contribution in [0.1, 0.15) is 40.4 Å². The van der Waals surface area contributed by atoms with Gasteiger partial charge in [0.1, 0.15) is 9.97 Å². The number of carbonyl (C=O) groups is 1. The van der Waals surface area contributed by atoms with E-state index in [-0.39, 0.29) is 15.4 Å². The highest BCUT2D eigenvalue weighted by Gasteiger charge is 2.44. The molecule has 0 saturated carbocycles. The molecule has 0 aliphatic heterocycles. The van der Waals surface area contributed by atoms with Crippen LogP contribution < -0.4 is 5.32 Å². The molecule has 9 heteroatoms. The van der Waals surface area contributed by atoms with Crippen molar-refractivity contribution in [1.82, 2.24) is 5.16 Å². The predicted molar refractivity (Wildman–Crippen MR) is 94.4 cm³/mol. The molecule has 2 aromatic rings. The Balaban J connectivity index is 2.26. The highest BCUT2D eigenvalue weighted by molar-refractivity contribution is 7.95. The van der Waals surface area contributed by atoms with Crippen LogP contribution in [0.25, 0.3) is 0 Å². The van der Waals surface area contributed by atoms with Crippen molar-refractivity contribution in [2.75, 3.05) is 5.32 Å². The van der Waals surface area contributed by atoms with Gasteiger partial charge in [0.25, 0.3) is 0 Å². The Labute approximate surface area is 150 Å². The molecule has 0 aromatic carbocycles. The van der Waals surface area contributed by atoms with E-state index in [4.69, 9.17) is 16.1 Å². The molecule has 132 valence electrons. The number of nitrogens with one attached hydrogen (secondary N) is 1. The quantitative estimate of drug-likeness (QED) is 0.855. The van der Waals surface area contributed by atoms with Gasteiger partial charge in [-0.1, -0.05) is 37.5 Å². The summed E-state index contributed by atoms with van der Waals surface area (Å²) in [6.07, 6.45) is 0. The summed E-state index contributed by atoms with van der Waals surface area (Å²) < 4.78 is 29.3. The van der Waals surface area contributed by atoms with Gasteiger partial charge < -0.3 is 9.84 Å². The summed E-state index contributed by atoms with van der Waals surface area (Å²) in [5, 5.41) is 6.28. The lowest BCUT2D eigenvalue weighted by molar-refractivity contribution is -0.117. The number of anilines is 1. The number of aromatic nitrogens is 1. The maximum absolute atomic E-state index is 12.7. The van der Waals surface area contributed by atoms with Crippen molar-refractivity contribution in [2.24, 2.45) is 0 Å². The molecule has 0 spiro atoms. The molecule has 0 fully saturated rings. The first-order valence-electron chi connectivity index (χ1n) is 7.14. The van der Waals surface area contributed by atoms with E-state index in [1.165, 1.54) is 26.0 Å². The number of amides is 1. The molecule has 6 nitrogen and oxygen atoms in total. The number of hydrogen-bond acceptors (Lipinski definition) is 6. The van der Waals surface area contributed by atoms with Crippen LogP contribution in [0.2, 0.25) is 4.34 Å². The van der Waals surface area contributed by atoms with Crippen molar-refractivity contribution in [3.63, 3.8) is 0 Å². The minimum absolute atomic E-state index is 0.0446. The molecule has 24 heavy (non-hydrogen) atoms. The van der Waals surface area contributed by atoms with Crippen LogP contribution in [0.15, 0.2) is 26.9 Å². The van der Waals surface area contributed by atoms with Gasteiger partial charge in [-0.15, -0.1) is 11.3 Å². The third kappa shape index (κ3) is 3.50. The molecule has 0 radical (unpaired) electrons. The standard InChI is InChI=1S/C15H19ClN2O4S2/c1-14(2,3)9-8-11(18-22-9)17-13(19)15(4,5)24(20,21)12-7-6-10(16)23-12/h6-8H,1-5H3,(H,17,18,19). The third-order valence-corrected chi connectivity index (χ3v) is 7.65. The molecule has 0 aliphatic rings. The van der Waals surface area contributed by atoms with Gasteiger partial charge in [0.2, 0.25) is 15.7 Å². The summed E-state index contributed by atoms with van der Waals surface area (Å²) >= 11 is 6.72. The van der Waals surface area contributed by atoms with Crippen molar-refractivity contribution in [3.05, 3.63) is 28.3 Å². The monoisotopic (exact) mass is 390 g/mol. The van der Waals surface area contributed by atoms with Crippen molar-refractivity contribution in [3.8, 4) is 0 Å². The Hall–Kier alpha value is -1.38. The fourth-order valence-corrected chi connectivity index (χ4v) is 5.06. The van der Waals surface area contributed by atoms with Crippen molar-refractivity contribution < 1.29 is 17.7 Å². The first-order chi connectivity index (χ1) is 10.9. The fraction of sp³-hybridized carbons (Fsp3) is 0.467. The first kappa shape index (κ1) is 19.0. The summed E-state index contributed by atoms with van der Waals surface area (Å²) in [5.74, 6) is 0.0710. The van der Waals surface area contributed by atoms with E-state index in [9.17, 15) is 13.2 Å². The Kier molecular flexibility index (Phi) is 4.87. The number of halogens is 1. The molecule has 2 aromatic heterocycles. The van der Waals surface area contributed by atoms with Crippen LogP contribution in [0, 0.1) is 0 Å². The van der Waals surface area contributed by atoms with E-state index >= 15 is 0 Å². The molecule has 0 aliphatic carbocycles. The number of thiophene rings is 1. The lowest BCUT2D eigenvalue weighted by Gasteiger charge is -2.22. The average molecular weight is 391 g/mol. The molecule has 0 bridgehead atoms. The Morgan fingerprint density at radius 1 is 1.25 bits per heavy atom. The van der Waals surface area contributed by atoms with E-state index in [1.807, 2.05) is 20.8 Å². The van der Waals surface area contributed by atoms with Gasteiger partial charge in [-0.2, -0.15) is 0 Å². The summed E-state index contributed by atoms with van der Waals surface area (Å²) in [4.78, 5) is 12.5. The molecule has 0 atom stereocenters. The highest BCUT2D eigenvalue weighted by atomic mass is 35.5. The third-order valence-electron chi connectivity index (χ3n) is 3.52. The Bertz CT molecular complexity index is 860. The zero-order chi connectivity index (χ0) is 18.3. The highest BCUT2D eigenvalue weighted by Crippen LogP contribution is 2.34. The van der Waals surface area contributed by atoms with E-state index < -0.39 is 20.5 Å². The molecular formula is C15H19ClN2O4S2. The SMILES string of the molecule is CC(C)(C)c1cc(NC(=O)C(C)(C)S(=O)(=O)c2ccc(Cl)s2)no1. The number of nitrogens with zero attached hydrogens (tertiary/aromatic N) is 1. The normalized spacial score (nSPS) is 13.1. The molecule has 2 heterocycles. The zero-order valence-corrected chi connectivity index (χ0v) is 16.4. The minimum atomic E-state index is -3.89. The van der Waals surface area contributed by atoms with E-state index in [0.29, 0.717) is 10.1 Å². The Morgan fingerprint density at radius 2 is 1.88 bits per heavy atom. The predicted octanol–water partition coefficient (Wildman–Crippen LogP) is 3.88. The zero-order valence-electron chi connectivity index (χ0n) is 14.0. The van der Waals surface area contributed by atoms with Crippen LogP contribution in [0.5, 0.6) is 0 Å². The maximum Gasteiger partial charge on any atom is 0.246 e. The van der Waals surface area contributed by atoms with Crippen LogP contribution in [-0.4, -0.2) is 24.2 Å². The van der Waals surface area contributed by atoms with Gasteiger partial charge in [0.15, 0.2) is 10.6 Å². The van der Waals surface area contributed by atoms with Crippen LogP contribution in [0.4, 0.5) is 5.82 Å². The number of rotatable bonds is 4. The van der Waals surface area contributed by atoms with Gasteiger partial charge in [0, 0.05) is 11.5 Å².